The van der Waals surface area contributed by atoms with Crippen LogP contribution in [0.3, 0.4) is 0 Å². The Morgan fingerprint density at radius 1 is 0.479 bits per heavy atom. The molecule has 1 atom stereocenters. The minimum absolute atomic E-state index is 0.0532. The molecular formula is C47H35N. The van der Waals surface area contributed by atoms with Crippen LogP contribution in [0.4, 0.5) is 0 Å². The number of hydrogen-bond donors (Lipinski definition) is 0. The van der Waals surface area contributed by atoms with Gasteiger partial charge < -0.3 is 4.57 Å². The molecule has 0 amide bonds. The van der Waals surface area contributed by atoms with Gasteiger partial charge in [-0.2, -0.15) is 0 Å². The normalized spacial score (nSPS) is 15.3. The first-order valence-corrected chi connectivity index (χ1v) is 17.1. The van der Waals surface area contributed by atoms with E-state index in [4.69, 9.17) is 0 Å². The topological polar surface area (TPSA) is 4.93 Å². The van der Waals surface area contributed by atoms with Crippen LogP contribution in [0.25, 0.3) is 60.9 Å². The monoisotopic (exact) mass is 613 g/mol. The summed E-state index contributed by atoms with van der Waals surface area (Å²) in [6, 6.07) is 58.9. The smallest absolute Gasteiger partial charge is 0.0544 e. The van der Waals surface area contributed by atoms with Gasteiger partial charge in [0.25, 0.3) is 0 Å². The Bertz CT molecular complexity index is 2560. The lowest BCUT2D eigenvalue weighted by atomic mass is 9.82. The van der Waals surface area contributed by atoms with Crippen LogP contribution >= 0.6 is 0 Å². The van der Waals surface area contributed by atoms with Gasteiger partial charge in [0.15, 0.2) is 0 Å². The highest BCUT2D eigenvalue weighted by Crippen LogP contribution is 2.51. The average molecular weight is 614 g/mol. The maximum atomic E-state index is 2.48. The first kappa shape index (κ1) is 27.5. The second kappa shape index (κ2) is 10.2. The Morgan fingerprint density at radius 3 is 2.10 bits per heavy atom. The summed E-state index contributed by atoms with van der Waals surface area (Å²) in [6.45, 7) is 4.74. The van der Waals surface area contributed by atoms with Crippen LogP contribution < -0.4 is 0 Å². The molecule has 0 spiro atoms. The van der Waals surface area contributed by atoms with E-state index in [-0.39, 0.29) is 5.41 Å². The third kappa shape index (κ3) is 3.91. The summed E-state index contributed by atoms with van der Waals surface area (Å²) in [5.74, 6) is 0.369. The molecule has 0 N–H and O–H groups in total. The Balaban J connectivity index is 1.12. The fraction of sp³-hybridized carbons (Fsp3) is 0.106. The van der Waals surface area contributed by atoms with Gasteiger partial charge in [0.1, 0.15) is 0 Å². The van der Waals surface area contributed by atoms with Gasteiger partial charge in [-0.1, -0.05) is 135 Å². The number of benzene rings is 7. The molecule has 0 saturated heterocycles. The van der Waals surface area contributed by atoms with Crippen LogP contribution in [0.1, 0.15) is 47.6 Å². The molecule has 8 aromatic rings. The van der Waals surface area contributed by atoms with Gasteiger partial charge in [-0.3, -0.25) is 0 Å². The molecule has 1 unspecified atom stereocenters. The molecule has 2 aliphatic rings. The summed E-state index contributed by atoms with van der Waals surface area (Å²) in [4.78, 5) is 0. The minimum atomic E-state index is -0.0532. The van der Waals surface area contributed by atoms with Gasteiger partial charge in [0, 0.05) is 27.8 Å². The zero-order chi connectivity index (χ0) is 32.0. The molecule has 1 aromatic heterocycles. The number of para-hydroxylation sites is 1. The summed E-state index contributed by atoms with van der Waals surface area (Å²) < 4.78 is 2.48. The molecule has 0 aliphatic heterocycles. The molecule has 1 heterocycles. The van der Waals surface area contributed by atoms with Crippen molar-refractivity contribution in [3.05, 3.63) is 186 Å². The van der Waals surface area contributed by atoms with E-state index in [1.165, 1.54) is 88.7 Å². The van der Waals surface area contributed by atoms with Crippen LogP contribution in [-0.2, 0) is 11.8 Å². The maximum Gasteiger partial charge on any atom is 0.0544 e. The number of nitrogens with zero attached hydrogens (tertiary/aromatic N) is 1. The van der Waals surface area contributed by atoms with Crippen LogP contribution in [0, 0.1) is 0 Å². The predicted molar refractivity (Wildman–Crippen MR) is 201 cm³/mol. The summed E-state index contributed by atoms with van der Waals surface area (Å²) in [5.41, 5.74) is 18.6. The molecular weight excluding hydrogens is 579 g/mol. The van der Waals surface area contributed by atoms with Crippen molar-refractivity contribution in [3.63, 3.8) is 0 Å². The van der Waals surface area contributed by atoms with Crippen LogP contribution in [-0.4, -0.2) is 4.57 Å². The van der Waals surface area contributed by atoms with E-state index in [0.717, 1.165) is 6.42 Å². The molecule has 1 nitrogen and oxygen atoms in total. The quantitative estimate of drug-likeness (QED) is 0.186. The number of aromatic nitrogens is 1. The molecule has 48 heavy (non-hydrogen) atoms. The van der Waals surface area contributed by atoms with Crippen molar-refractivity contribution in [3.8, 4) is 39.1 Å². The Hall–Kier alpha value is -5.66. The van der Waals surface area contributed by atoms with Crippen LogP contribution in [0.15, 0.2) is 158 Å². The summed E-state index contributed by atoms with van der Waals surface area (Å²) in [7, 11) is 0. The molecule has 7 aromatic carbocycles. The number of hydrogen-bond acceptors (Lipinski definition) is 0. The molecule has 2 aliphatic carbocycles. The zero-order valence-electron chi connectivity index (χ0n) is 27.2. The number of fused-ring (bicyclic) bond motifs is 9. The van der Waals surface area contributed by atoms with E-state index in [1.807, 2.05) is 0 Å². The number of rotatable bonds is 4. The SMILES string of the molecule is CC1(C)c2ccccc2-c2cc3c4ccccc4n(-c4cccc(-c5ccc6c(c5)-c5ccccc5C6Cc5ccccc5)c4)c3cc21. The molecule has 228 valence electrons. The van der Waals surface area contributed by atoms with Crippen LogP contribution in [0.5, 0.6) is 0 Å². The van der Waals surface area contributed by atoms with Crippen molar-refractivity contribution in [1.29, 1.82) is 0 Å². The fourth-order valence-electron chi connectivity index (χ4n) is 8.82. The van der Waals surface area contributed by atoms with Gasteiger partial charge in [-0.05, 0) is 104 Å². The van der Waals surface area contributed by atoms with Crippen molar-refractivity contribution < 1.29 is 0 Å². The molecule has 1 heteroatoms. The molecule has 0 bridgehead atoms. The molecule has 0 fully saturated rings. The van der Waals surface area contributed by atoms with E-state index in [2.05, 4.69) is 176 Å². The highest BCUT2D eigenvalue weighted by atomic mass is 15.0. The van der Waals surface area contributed by atoms with E-state index in [0.29, 0.717) is 5.92 Å². The zero-order valence-corrected chi connectivity index (χ0v) is 27.2. The van der Waals surface area contributed by atoms with Crippen LogP contribution in [0.2, 0.25) is 0 Å². The molecule has 0 saturated carbocycles. The second-order valence-electron chi connectivity index (χ2n) is 14.1. The van der Waals surface area contributed by atoms with Crippen molar-refractivity contribution in [2.24, 2.45) is 0 Å². The van der Waals surface area contributed by atoms with Gasteiger partial charge >= 0.3 is 0 Å². The summed E-state index contributed by atoms with van der Waals surface area (Å²) in [5, 5.41) is 2.60. The molecule has 10 rings (SSSR count). The maximum absolute atomic E-state index is 2.48. The van der Waals surface area contributed by atoms with Gasteiger partial charge in [-0.25, -0.2) is 0 Å². The first-order chi connectivity index (χ1) is 23.6. The Labute approximate surface area is 281 Å². The van der Waals surface area contributed by atoms with Crippen molar-refractivity contribution in [1.82, 2.24) is 4.57 Å². The standard InChI is InChI=1S/C47H35N/c1-47(2)43-21-10-8-19-37(43)41-28-42-38-20-9-11-22-45(38)48(46(42)29-44(41)47)33-16-12-15-31(26-33)32-23-24-36-39(25-30-13-4-3-5-14-30)34-17-6-7-18-35(34)40(36)27-32/h3-24,26-29,39H,25H2,1-2H3. The largest absolute Gasteiger partial charge is 0.309 e. The van der Waals surface area contributed by atoms with Gasteiger partial charge in [0.05, 0.1) is 11.0 Å². The predicted octanol–water partition coefficient (Wildman–Crippen LogP) is 12.1. The lowest BCUT2D eigenvalue weighted by Crippen LogP contribution is -2.14. The van der Waals surface area contributed by atoms with Crippen molar-refractivity contribution in [2.45, 2.75) is 31.6 Å². The fourth-order valence-corrected chi connectivity index (χ4v) is 8.82. The lowest BCUT2D eigenvalue weighted by molar-refractivity contribution is 0.661. The third-order valence-corrected chi connectivity index (χ3v) is 11.2. The summed E-state index contributed by atoms with van der Waals surface area (Å²) >= 11 is 0. The average Bonchev–Trinajstić information content (AvgIpc) is 3.71. The third-order valence-electron chi connectivity index (χ3n) is 11.2. The Morgan fingerprint density at radius 2 is 1.21 bits per heavy atom. The van der Waals surface area contributed by atoms with Gasteiger partial charge in [0.2, 0.25) is 0 Å². The minimum Gasteiger partial charge on any atom is -0.309 e. The second-order valence-corrected chi connectivity index (χ2v) is 14.1. The highest BCUT2D eigenvalue weighted by molar-refractivity contribution is 6.11. The molecule has 0 radical (unpaired) electrons. The van der Waals surface area contributed by atoms with E-state index < -0.39 is 0 Å². The van der Waals surface area contributed by atoms with E-state index in [1.54, 1.807) is 0 Å². The summed E-state index contributed by atoms with van der Waals surface area (Å²) in [6.07, 6.45) is 1.01. The Kier molecular flexibility index (Phi) is 5.82. The lowest BCUT2D eigenvalue weighted by Gasteiger charge is -2.21. The first-order valence-electron chi connectivity index (χ1n) is 17.1. The van der Waals surface area contributed by atoms with Gasteiger partial charge in [-0.15, -0.1) is 0 Å². The van der Waals surface area contributed by atoms with E-state index in [9.17, 15) is 0 Å². The van der Waals surface area contributed by atoms with Crippen molar-refractivity contribution >= 4 is 21.8 Å². The highest BCUT2D eigenvalue weighted by Gasteiger charge is 2.36. The van der Waals surface area contributed by atoms with E-state index >= 15 is 0 Å². The van der Waals surface area contributed by atoms with Crippen molar-refractivity contribution in [2.75, 3.05) is 0 Å².